The number of nitrogens with one attached hydrogen (secondary N) is 1. The van der Waals surface area contributed by atoms with Crippen molar-refractivity contribution >= 4 is 29.1 Å². The summed E-state index contributed by atoms with van der Waals surface area (Å²) >= 11 is 11.9. The van der Waals surface area contributed by atoms with Crippen molar-refractivity contribution in [3.05, 3.63) is 44.9 Å². The average molecular weight is 413 g/mol. The molecule has 2 aromatic rings. The van der Waals surface area contributed by atoms with E-state index in [0.29, 0.717) is 9.59 Å². The van der Waals surface area contributed by atoms with Gasteiger partial charge in [0.1, 0.15) is 11.7 Å². The number of benzene rings is 1. The fourth-order valence-electron chi connectivity index (χ4n) is 2.22. The van der Waals surface area contributed by atoms with E-state index >= 15 is 0 Å². The van der Waals surface area contributed by atoms with Gasteiger partial charge in [0, 0.05) is 10.6 Å². The fourth-order valence-corrected chi connectivity index (χ4v) is 2.69. The van der Waals surface area contributed by atoms with Crippen LogP contribution in [-0.2, 0) is 17.9 Å². The van der Waals surface area contributed by atoms with E-state index in [4.69, 9.17) is 29.0 Å². The third kappa shape index (κ3) is 4.21. The molecule has 0 saturated heterocycles. The van der Waals surface area contributed by atoms with Gasteiger partial charge in [-0.3, -0.25) is 19.4 Å². The number of carbonyl (C=O) groups excluding carboxylic acids is 1. The number of nitrogens with two attached hydrogens (primary N) is 1. The lowest BCUT2D eigenvalue weighted by Crippen LogP contribution is -2.39. The summed E-state index contributed by atoms with van der Waals surface area (Å²) in [5.41, 5.74) is 0.968. The molecule has 0 spiro atoms. The van der Waals surface area contributed by atoms with Crippen LogP contribution in [0, 0.1) is 0 Å². The molecule has 0 fully saturated rings. The maximum atomic E-state index is 12.7. The first-order valence-electron chi connectivity index (χ1n) is 7.05. The van der Waals surface area contributed by atoms with Crippen LogP contribution in [0.3, 0.4) is 0 Å². The SMILES string of the molecule is NNC(=O)Cn1c(Cl)c(-c2ccc(Cl)cc2)n(C[C@H](O)C(F)(F)F)c1=O. The predicted molar refractivity (Wildman–Crippen MR) is 88.5 cm³/mol. The molecule has 0 unspecified atom stereocenters. The lowest BCUT2D eigenvalue weighted by molar-refractivity contribution is -0.207. The molecular weight excluding hydrogens is 400 g/mol. The Hall–Kier alpha value is -2.01. The molecule has 7 nitrogen and oxygen atoms in total. The van der Waals surface area contributed by atoms with Crippen LogP contribution in [0.4, 0.5) is 13.2 Å². The van der Waals surface area contributed by atoms with E-state index in [1.807, 2.05) is 0 Å². The van der Waals surface area contributed by atoms with Crippen LogP contribution in [0.5, 0.6) is 0 Å². The number of alkyl halides is 3. The summed E-state index contributed by atoms with van der Waals surface area (Å²) in [6, 6.07) is 5.78. The van der Waals surface area contributed by atoms with Crippen molar-refractivity contribution in [2.75, 3.05) is 0 Å². The number of hydrogen-bond donors (Lipinski definition) is 3. The minimum atomic E-state index is -4.94. The molecule has 0 bridgehead atoms. The Bertz CT molecular complexity index is 862. The van der Waals surface area contributed by atoms with Crippen LogP contribution >= 0.6 is 23.2 Å². The third-order valence-electron chi connectivity index (χ3n) is 3.48. The van der Waals surface area contributed by atoms with E-state index in [2.05, 4.69) is 0 Å². The molecule has 0 aliphatic carbocycles. The largest absolute Gasteiger partial charge is 0.416 e. The highest BCUT2D eigenvalue weighted by Crippen LogP contribution is 2.30. The first-order chi connectivity index (χ1) is 12.1. The van der Waals surface area contributed by atoms with Crippen molar-refractivity contribution in [3.8, 4) is 11.3 Å². The van der Waals surface area contributed by atoms with E-state index in [-0.39, 0.29) is 16.4 Å². The van der Waals surface area contributed by atoms with Crippen LogP contribution in [0.15, 0.2) is 29.1 Å². The lowest BCUT2D eigenvalue weighted by atomic mass is 10.1. The van der Waals surface area contributed by atoms with Gasteiger partial charge in [-0.2, -0.15) is 13.2 Å². The first kappa shape index (κ1) is 20.3. The maximum Gasteiger partial charge on any atom is 0.416 e. The molecule has 0 saturated carbocycles. The van der Waals surface area contributed by atoms with Gasteiger partial charge in [0.15, 0.2) is 6.10 Å². The molecule has 0 radical (unpaired) electrons. The van der Waals surface area contributed by atoms with Crippen LogP contribution < -0.4 is 17.0 Å². The number of aromatic nitrogens is 2. The zero-order valence-corrected chi connectivity index (χ0v) is 14.4. The average Bonchev–Trinajstić information content (AvgIpc) is 2.79. The molecule has 2 rings (SSSR count). The molecule has 1 aromatic carbocycles. The predicted octanol–water partition coefficient (Wildman–Crippen LogP) is 1.54. The van der Waals surface area contributed by atoms with Gasteiger partial charge in [0.2, 0.25) is 0 Å². The van der Waals surface area contributed by atoms with Crippen LogP contribution in [0.25, 0.3) is 11.3 Å². The van der Waals surface area contributed by atoms with Gasteiger partial charge in [-0.05, 0) is 12.1 Å². The number of rotatable bonds is 5. The normalized spacial score (nSPS) is 12.9. The summed E-state index contributed by atoms with van der Waals surface area (Å²) in [7, 11) is 0. The van der Waals surface area contributed by atoms with Gasteiger partial charge in [0.05, 0.1) is 12.2 Å². The number of hydrogen-bond acceptors (Lipinski definition) is 4. The van der Waals surface area contributed by atoms with Gasteiger partial charge < -0.3 is 5.11 Å². The van der Waals surface area contributed by atoms with Gasteiger partial charge in [-0.25, -0.2) is 10.6 Å². The second-order valence-electron chi connectivity index (χ2n) is 5.25. The standard InChI is InChI=1S/C14H13Cl2F3N4O3/c15-8-3-1-7(2-4-8)11-12(16)23(6-10(25)21-20)13(26)22(11)5-9(24)14(17,18)19/h1-4,9,24H,5-6,20H2,(H,21,25)/t9-/m0/s1. The summed E-state index contributed by atoms with van der Waals surface area (Å²) in [6.45, 7) is -1.71. The molecule has 142 valence electrons. The fraction of sp³-hybridized carbons (Fsp3) is 0.286. The number of amides is 1. The first-order valence-corrected chi connectivity index (χ1v) is 7.80. The second-order valence-corrected chi connectivity index (χ2v) is 6.05. The Kier molecular flexibility index (Phi) is 6.02. The number of halogens is 5. The highest BCUT2D eigenvalue weighted by molar-refractivity contribution is 6.32. The third-order valence-corrected chi connectivity index (χ3v) is 4.11. The molecule has 0 aliphatic rings. The quantitative estimate of drug-likeness (QED) is 0.393. The van der Waals surface area contributed by atoms with Gasteiger partial charge in [0.25, 0.3) is 5.91 Å². The number of nitrogens with zero attached hydrogens (tertiary/aromatic N) is 2. The monoisotopic (exact) mass is 412 g/mol. The number of carbonyl (C=O) groups is 1. The number of hydrazine groups is 1. The summed E-state index contributed by atoms with van der Waals surface area (Å²) in [6.07, 6.45) is -7.75. The zero-order valence-electron chi connectivity index (χ0n) is 12.9. The number of imidazole rings is 1. The minimum absolute atomic E-state index is 0.0959. The van der Waals surface area contributed by atoms with Gasteiger partial charge >= 0.3 is 11.9 Å². The molecule has 4 N–H and O–H groups in total. The van der Waals surface area contributed by atoms with Crippen molar-refractivity contribution in [3.63, 3.8) is 0 Å². The topological polar surface area (TPSA) is 102 Å². The van der Waals surface area contributed by atoms with Gasteiger partial charge in [-0.15, -0.1) is 0 Å². The van der Waals surface area contributed by atoms with Crippen LogP contribution in [0.1, 0.15) is 0 Å². The number of aliphatic hydroxyl groups is 1. The van der Waals surface area contributed by atoms with Crippen LogP contribution in [-0.4, -0.2) is 32.4 Å². The summed E-state index contributed by atoms with van der Waals surface area (Å²) < 4.78 is 39.6. The van der Waals surface area contributed by atoms with Crippen molar-refractivity contribution in [1.82, 2.24) is 14.6 Å². The van der Waals surface area contributed by atoms with Crippen molar-refractivity contribution in [1.29, 1.82) is 0 Å². The summed E-state index contributed by atoms with van der Waals surface area (Å²) in [5.74, 6) is 4.18. The van der Waals surface area contributed by atoms with E-state index < -0.39 is 37.0 Å². The summed E-state index contributed by atoms with van der Waals surface area (Å²) in [4.78, 5) is 23.9. The summed E-state index contributed by atoms with van der Waals surface area (Å²) in [5, 5.41) is 9.43. The van der Waals surface area contributed by atoms with Crippen molar-refractivity contribution in [2.24, 2.45) is 5.84 Å². The highest BCUT2D eigenvalue weighted by Gasteiger charge is 2.39. The van der Waals surface area contributed by atoms with Crippen LogP contribution in [0.2, 0.25) is 10.2 Å². The minimum Gasteiger partial charge on any atom is -0.382 e. The van der Waals surface area contributed by atoms with Gasteiger partial charge in [-0.1, -0.05) is 35.3 Å². The Balaban J connectivity index is 2.63. The molecule has 1 heterocycles. The Morgan fingerprint density at radius 2 is 1.81 bits per heavy atom. The van der Waals surface area contributed by atoms with E-state index in [9.17, 15) is 27.9 Å². The Morgan fingerprint density at radius 3 is 2.31 bits per heavy atom. The second kappa shape index (κ2) is 7.70. The van der Waals surface area contributed by atoms with Crippen molar-refractivity contribution in [2.45, 2.75) is 25.4 Å². The molecule has 0 aliphatic heterocycles. The Morgan fingerprint density at radius 1 is 1.23 bits per heavy atom. The van der Waals surface area contributed by atoms with E-state index in [0.717, 1.165) is 4.57 Å². The molecule has 12 heteroatoms. The number of aliphatic hydroxyl groups excluding tert-OH is 1. The highest BCUT2D eigenvalue weighted by atomic mass is 35.5. The smallest absolute Gasteiger partial charge is 0.382 e. The maximum absolute atomic E-state index is 12.7. The molecule has 1 atom stereocenters. The molecule has 1 aromatic heterocycles. The molecule has 1 amide bonds. The van der Waals surface area contributed by atoms with E-state index in [1.54, 1.807) is 5.43 Å². The molecular formula is C14H13Cl2F3N4O3. The van der Waals surface area contributed by atoms with E-state index in [1.165, 1.54) is 24.3 Å². The Labute approximate surface area is 154 Å². The lowest BCUT2D eigenvalue weighted by Gasteiger charge is -2.16. The molecule has 26 heavy (non-hydrogen) atoms. The zero-order chi connectivity index (χ0) is 19.6. The van der Waals surface area contributed by atoms with Crippen molar-refractivity contribution < 1.29 is 23.1 Å².